The Hall–Kier alpha value is -1.63. The lowest BCUT2D eigenvalue weighted by atomic mass is 9.79. The molecule has 0 bridgehead atoms. The van der Waals surface area contributed by atoms with E-state index in [1.54, 1.807) is 11.0 Å². The van der Waals surface area contributed by atoms with Crippen molar-refractivity contribution in [1.82, 2.24) is 29.9 Å². The molecule has 2 fully saturated rings. The number of hydrogen-bond acceptors (Lipinski definition) is 4. The third-order valence-corrected chi connectivity index (χ3v) is 6.24. The number of piperazine rings is 1. The van der Waals surface area contributed by atoms with Crippen molar-refractivity contribution in [2.24, 2.45) is 23.9 Å². The van der Waals surface area contributed by atoms with Gasteiger partial charge in [-0.2, -0.15) is 5.10 Å². The first-order valence-electron chi connectivity index (χ1n) is 10.1. The number of guanidine groups is 1. The van der Waals surface area contributed by atoms with Gasteiger partial charge in [-0.05, 0) is 37.5 Å². The van der Waals surface area contributed by atoms with Crippen LogP contribution >= 0.6 is 0 Å². The van der Waals surface area contributed by atoms with E-state index in [1.807, 2.05) is 14.1 Å². The highest BCUT2D eigenvalue weighted by molar-refractivity contribution is 5.79. The molecule has 1 N–H and O–H groups in total. The number of nitrogens with one attached hydrogen (secondary N) is 1. The van der Waals surface area contributed by atoms with E-state index in [0.717, 1.165) is 55.8 Å². The van der Waals surface area contributed by atoms with Gasteiger partial charge in [0.05, 0.1) is 6.54 Å². The van der Waals surface area contributed by atoms with Crippen molar-refractivity contribution in [1.29, 1.82) is 0 Å². The van der Waals surface area contributed by atoms with Crippen LogP contribution in [-0.4, -0.2) is 69.8 Å². The van der Waals surface area contributed by atoms with Crippen molar-refractivity contribution in [3.63, 3.8) is 0 Å². The zero-order valence-corrected chi connectivity index (χ0v) is 16.9. The molecular formula is C19H35N7. The van der Waals surface area contributed by atoms with Crippen LogP contribution < -0.4 is 5.32 Å². The molecule has 1 saturated carbocycles. The van der Waals surface area contributed by atoms with Crippen molar-refractivity contribution >= 4 is 5.96 Å². The smallest absolute Gasteiger partial charge is 0.194 e. The first-order valence-corrected chi connectivity index (χ1v) is 10.1. The second-order valence-corrected chi connectivity index (χ2v) is 8.04. The van der Waals surface area contributed by atoms with Crippen molar-refractivity contribution in [2.75, 3.05) is 33.2 Å². The van der Waals surface area contributed by atoms with Crippen LogP contribution in [0.4, 0.5) is 0 Å². The van der Waals surface area contributed by atoms with E-state index in [0.29, 0.717) is 6.54 Å². The minimum absolute atomic E-state index is 0.655. The average Bonchev–Trinajstić information content (AvgIpc) is 3.08. The van der Waals surface area contributed by atoms with E-state index in [1.165, 1.54) is 25.7 Å². The van der Waals surface area contributed by atoms with Gasteiger partial charge in [-0.15, -0.1) is 0 Å². The lowest BCUT2D eigenvalue weighted by molar-refractivity contribution is 0.0864. The predicted molar refractivity (Wildman–Crippen MR) is 105 cm³/mol. The monoisotopic (exact) mass is 361 g/mol. The Kier molecular flexibility index (Phi) is 6.51. The van der Waals surface area contributed by atoms with Crippen LogP contribution in [-0.2, 0) is 13.6 Å². The Morgan fingerprint density at radius 3 is 2.42 bits per heavy atom. The van der Waals surface area contributed by atoms with Crippen molar-refractivity contribution < 1.29 is 0 Å². The van der Waals surface area contributed by atoms with E-state index in [4.69, 9.17) is 0 Å². The Balaban J connectivity index is 1.44. The van der Waals surface area contributed by atoms with E-state index >= 15 is 0 Å². The Labute approximate surface area is 157 Å². The largest absolute Gasteiger partial charge is 0.349 e. The second-order valence-electron chi connectivity index (χ2n) is 8.04. The van der Waals surface area contributed by atoms with Gasteiger partial charge in [-0.1, -0.05) is 13.8 Å². The third-order valence-electron chi connectivity index (χ3n) is 6.24. The fourth-order valence-electron chi connectivity index (χ4n) is 4.40. The highest BCUT2D eigenvalue weighted by Crippen LogP contribution is 2.32. The maximum atomic E-state index is 4.46. The SMILES string of the molecule is CN=C(NCc1ncnn1C)N1CCN(C2CCC(C(C)C)CC2)CC1. The van der Waals surface area contributed by atoms with Crippen LogP contribution in [0, 0.1) is 11.8 Å². The summed E-state index contributed by atoms with van der Waals surface area (Å²) in [4.78, 5) is 13.8. The van der Waals surface area contributed by atoms with Gasteiger partial charge in [-0.3, -0.25) is 14.6 Å². The molecule has 2 aliphatic rings. The van der Waals surface area contributed by atoms with Crippen LogP contribution in [0.1, 0.15) is 45.4 Å². The van der Waals surface area contributed by atoms with E-state index < -0.39 is 0 Å². The quantitative estimate of drug-likeness (QED) is 0.654. The topological polar surface area (TPSA) is 61.6 Å². The fraction of sp³-hybridized carbons (Fsp3) is 0.842. The second kappa shape index (κ2) is 8.84. The van der Waals surface area contributed by atoms with Gasteiger partial charge < -0.3 is 10.2 Å². The molecule has 0 amide bonds. The predicted octanol–water partition coefficient (Wildman–Crippen LogP) is 1.72. The van der Waals surface area contributed by atoms with Gasteiger partial charge in [0.1, 0.15) is 12.2 Å². The van der Waals surface area contributed by atoms with Crippen molar-refractivity contribution in [3.05, 3.63) is 12.2 Å². The van der Waals surface area contributed by atoms with Crippen molar-refractivity contribution in [3.8, 4) is 0 Å². The third kappa shape index (κ3) is 4.55. The summed E-state index contributed by atoms with van der Waals surface area (Å²) in [5.74, 6) is 3.68. The molecule has 0 spiro atoms. The van der Waals surface area contributed by atoms with Gasteiger partial charge in [0, 0.05) is 46.3 Å². The van der Waals surface area contributed by atoms with Crippen LogP contribution in [0.3, 0.4) is 0 Å². The average molecular weight is 362 g/mol. The number of aromatic nitrogens is 3. The molecule has 7 nitrogen and oxygen atoms in total. The van der Waals surface area contributed by atoms with Crippen LogP contribution in [0.5, 0.6) is 0 Å². The molecule has 1 aromatic rings. The summed E-state index contributed by atoms with van der Waals surface area (Å²) in [6.07, 6.45) is 7.16. The molecule has 1 aromatic heterocycles. The van der Waals surface area contributed by atoms with Crippen LogP contribution in [0.15, 0.2) is 11.3 Å². The molecule has 0 radical (unpaired) electrons. The molecule has 1 saturated heterocycles. The molecule has 0 atom stereocenters. The molecule has 26 heavy (non-hydrogen) atoms. The first kappa shape index (κ1) is 19.1. The first-order chi connectivity index (χ1) is 12.6. The maximum Gasteiger partial charge on any atom is 0.194 e. The lowest BCUT2D eigenvalue weighted by Gasteiger charge is -2.43. The maximum absolute atomic E-state index is 4.46. The Bertz CT molecular complexity index is 578. The number of rotatable bonds is 4. The molecule has 2 heterocycles. The van der Waals surface area contributed by atoms with Gasteiger partial charge in [0.25, 0.3) is 0 Å². The summed E-state index contributed by atoms with van der Waals surface area (Å²) in [6.45, 7) is 9.78. The van der Waals surface area contributed by atoms with Crippen LogP contribution in [0.25, 0.3) is 0 Å². The fourth-order valence-corrected chi connectivity index (χ4v) is 4.40. The number of aliphatic imine (C=N–C) groups is 1. The van der Waals surface area contributed by atoms with E-state index in [-0.39, 0.29) is 0 Å². The van der Waals surface area contributed by atoms with Crippen molar-refractivity contribution in [2.45, 2.75) is 52.1 Å². The zero-order chi connectivity index (χ0) is 18.5. The molecule has 3 rings (SSSR count). The van der Waals surface area contributed by atoms with E-state index in [2.05, 4.69) is 44.0 Å². The Morgan fingerprint density at radius 2 is 1.88 bits per heavy atom. The molecular weight excluding hydrogens is 326 g/mol. The zero-order valence-electron chi connectivity index (χ0n) is 16.9. The summed E-state index contributed by atoms with van der Waals surface area (Å²) < 4.78 is 1.80. The molecule has 0 aromatic carbocycles. The lowest BCUT2D eigenvalue weighted by Crippen LogP contribution is -2.55. The number of hydrogen-bond donors (Lipinski definition) is 1. The van der Waals surface area contributed by atoms with E-state index in [9.17, 15) is 0 Å². The molecule has 1 aliphatic carbocycles. The molecule has 146 valence electrons. The minimum atomic E-state index is 0.655. The summed E-state index contributed by atoms with van der Waals surface area (Å²) >= 11 is 0. The molecule has 7 heteroatoms. The van der Waals surface area contributed by atoms with Gasteiger partial charge in [-0.25, -0.2) is 4.98 Å². The summed E-state index contributed by atoms with van der Waals surface area (Å²) in [5.41, 5.74) is 0. The standard InChI is InChI=1S/C19H35N7/c1-15(2)16-5-7-17(8-6-16)25-9-11-26(12-10-25)19(20-3)21-13-18-22-14-23-24(18)4/h14-17H,5-13H2,1-4H3,(H,20,21). The Morgan fingerprint density at radius 1 is 1.19 bits per heavy atom. The normalized spacial score (nSPS) is 25.7. The molecule has 0 unspecified atom stereocenters. The summed E-state index contributed by atoms with van der Waals surface area (Å²) in [7, 11) is 3.78. The van der Waals surface area contributed by atoms with Gasteiger partial charge >= 0.3 is 0 Å². The highest BCUT2D eigenvalue weighted by Gasteiger charge is 2.29. The highest BCUT2D eigenvalue weighted by atomic mass is 15.4. The molecule has 1 aliphatic heterocycles. The number of nitrogens with zero attached hydrogens (tertiary/aromatic N) is 6. The number of aryl methyl sites for hydroxylation is 1. The van der Waals surface area contributed by atoms with Gasteiger partial charge in [0.2, 0.25) is 0 Å². The summed E-state index contributed by atoms with van der Waals surface area (Å²) in [5, 5.41) is 7.55. The minimum Gasteiger partial charge on any atom is -0.349 e. The van der Waals surface area contributed by atoms with Crippen LogP contribution in [0.2, 0.25) is 0 Å². The summed E-state index contributed by atoms with van der Waals surface area (Å²) in [6, 6.07) is 0.792. The van der Waals surface area contributed by atoms with Gasteiger partial charge in [0.15, 0.2) is 5.96 Å².